The zero-order chi connectivity index (χ0) is 13.1. The molecule has 0 radical (unpaired) electrons. The Morgan fingerprint density at radius 2 is 1.89 bits per heavy atom. The SMILES string of the molecule is Fc1cc(Cl)cc(CNc2ccc(Br)cc2F)c1. The van der Waals surface area contributed by atoms with Gasteiger partial charge in [-0.25, -0.2) is 8.78 Å². The standard InChI is InChI=1S/C13H9BrClF2N/c14-9-1-2-13(12(17)5-9)18-7-8-3-10(15)6-11(16)4-8/h1-6,18H,7H2. The summed E-state index contributed by atoms with van der Waals surface area (Å²) in [6.07, 6.45) is 0. The predicted octanol–water partition coefficient (Wildman–Crippen LogP) is 4.99. The number of anilines is 1. The van der Waals surface area contributed by atoms with Gasteiger partial charge < -0.3 is 5.32 Å². The van der Waals surface area contributed by atoms with Crippen LogP contribution in [0, 0.1) is 11.6 Å². The topological polar surface area (TPSA) is 12.0 Å². The summed E-state index contributed by atoms with van der Waals surface area (Å²) in [5, 5.41) is 3.21. The van der Waals surface area contributed by atoms with Gasteiger partial charge >= 0.3 is 0 Å². The Morgan fingerprint density at radius 3 is 2.56 bits per heavy atom. The second-order valence-electron chi connectivity index (χ2n) is 3.76. The maximum atomic E-state index is 13.5. The highest BCUT2D eigenvalue weighted by molar-refractivity contribution is 9.10. The van der Waals surface area contributed by atoms with Gasteiger partial charge in [0.1, 0.15) is 11.6 Å². The summed E-state index contributed by atoms with van der Waals surface area (Å²) in [5.41, 5.74) is 1.01. The molecule has 0 aliphatic rings. The van der Waals surface area contributed by atoms with Gasteiger partial charge in [0.2, 0.25) is 0 Å². The second kappa shape index (κ2) is 5.67. The Hall–Kier alpha value is -1.13. The van der Waals surface area contributed by atoms with Crippen LogP contribution in [-0.4, -0.2) is 0 Å². The van der Waals surface area contributed by atoms with E-state index in [1.807, 2.05) is 0 Å². The molecule has 0 saturated heterocycles. The maximum Gasteiger partial charge on any atom is 0.147 e. The van der Waals surface area contributed by atoms with E-state index in [0.717, 1.165) is 0 Å². The summed E-state index contributed by atoms with van der Waals surface area (Å²) >= 11 is 8.91. The summed E-state index contributed by atoms with van der Waals surface area (Å²) in [6.45, 7) is 0.302. The van der Waals surface area contributed by atoms with Gasteiger partial charge in [0.25, 0.3) is 0 Å². The highest BCUT2D eigenvalue weighted by atomic mass is 79.9. The van der Waals surface area contributed by atoms with Crippen LogP contribution in [0.4, 0.5) is 14.5 Å². The molecule has 0 spiro atoms. The number of hydrogen-bond donors (Lipinski definition) is 1. The molecule has 2 rings (SSSR count). The monoisotopic (exact) mass is 331 g/mol. The fourth-order valence-corrected chi connectivity index (χ4v) is 2.12. The molecule has 0 aliphatic heterocycles. The van der Waals surface area contributed by atoms with Gasteiger partial charge in [0, 0.05) is 16.0 Å². The lowest BCUT2D eigenvalue weighted by molar-refractivity contribution is 0.625. The van der Waals surface area contributed by atoms with Crippen molar-refractivity contribution in [2.45, 2.75) is 6.54 Å². The lowest BCUT2D eigenvalue weighted by atomic mass is 10.2. The van der Waals surface area contributed by atoms with Crippen molar-refractivity contribution in [3.8, 4) is 0 Å². The molecule has 0 atom stereocenters. The average Bonchev–Trinajstić information content (AvgIpc) is 2.26. The van der Waals surface area contributed by atoms with Gasteiger partial charge in [-0.15, -0.1) is 0 Å². The molecule has 2 aromatic rings. The van der Waals surface area contributed by atoms with E-state index in [1.54, 1.807) is 18.2 Å². The second-order valence-corrected chi connectivity index (χ2v) is 5.11. The van der Waals surface area contributed by atoms with E-state index in [1.165, 1.54) is 18.2 Å². The average molecular weight is 333 g/mol. The number of rotatable bonds is 3. The highest BCUT2D eigenvalue weighted by Gasteiger charge is 2.03. The molecule has 0 heterocycles. The third-order valence-corrected chi connectivity index (χ3v) is 3.05. The normalized spacial score (nSPS) is 10.4. The molecule has 94 valence electrons. The Morgan fingerprint density at radius 1 is 1.11 bits per heavy atom. The van der Waals surface area contributed by atoms with Crippen molar-refractivity contribution < 1.29 is 8.78 Å². The van der Waals surface area contributed by atoms with Gasteiger partial charge in [-0.05, 0) is 42.0 Å². The van der Waals surface area contributed by atoms with Crippen LogP contribution in [0.15, 0.2) is 40.9 Å². The molecular weight excluding hydrogens is 324 g/mol. The van der Waals surface area contributed by atoms with E-state index < -0.39 is 5.82 Å². The fourth-order valence-electron chi connectivity index (χ4n) is 1.54. The van der Waals surface area contributed by atoms with E-state index in [0.29, 0.717) is 27.3 Å². The third kappa shape index (κ3) is 3.43. The first-order valence-corrected chi connectivity index (χ1v) is 6.35. The molecule has 0 amide bonds. The lowest BCUT2D eigenvalue weighted by Crippen LogP contribution is -2.01. The van der Waals surface area contributed by atoms with E-state index >= 15 is 0 Å². The van der Waals surface area contributed by atoms with Gasteiger partial charge in [-0.3, -0.25) is 0 Å². The van der Waals surface area contributed by atoms with Crippen molar-refractivity contribution in [3.05, 3.63) is 63.1 Å². The van der Waals surface area contributed by atoms with Crippen molar-refractivity contribution in [1.29, 1.82) is 0 Å². The van der Waals surface area contributed by atoms with E-state index in [9.17, 15) is 8.78 Å². The number of hydrogen-bond acceptors (Lipinski definition) is 1. The van der Waals surface area contributed by atoms with Gasteiger partial charge in [-0.2, -0.15) is 0 Å². The Kier molecular flexibility index (Phi) is 4.19. The van der Waals surface area contributed by atoms with E-state index in [-0.39, 0.29) is 5.82 Å². The zero-order valence-electron chi connectivity index (χ0n) is 9.18. The van der Waals surface area contributed by atoms with Crippen LogP contribution < -0.4 is 5.32 Å². The predicted molar refractivity (Wildman–Crippen MR) is 72.8 cm³/mol. The molecular formula is C13H9BrClF2N. The Balaban J connectivity index is 2.11. The van der Waals surface area contributed by atoms with Crippen LogP contribution in [0.25, 0.3) is 0 Å². The summed E-state index contributed by atoms with van der Waals surface area (Å²) < 4.78 is 27.3. The first-order chi connectivity index (χ1) is 8.54. The minimum Gasteiger partial charge on any atom is -0.379 e. The molecule has 1 N–H and O–H groups in total. The molecule has 2 aromatic carbocycles. The van der Waals surface area contributed by atoms with Crippen LogP contribution >= 0.6 is 27.5 Å². The third-order valence-electron chi connectivity index (χ3n) is 2.34. The summed E-state index contributed by atoms with van der Waals surface area (Å²) in [6, 6.07) is 8.92. The first-order valence-electron chi connectivity index (χ1n) is 5.18. The largest absolute Gasteiger partial charge is 0.379 e. The van der Waals surface area contributed by atoms with Gasteiger partial charge in [0.15, 0.2) is 0 Å². The molecule has 0 saturated carbocycles. The Bertz CT molecular complexity index is 555. The number of halogens is 4. The molecule has 0 aliphatic carbocycles. The lowest BCUT2D eigenvalue weighted by Gasteiger charge is -2.08. The van der Waals surface area contributed by atoms with Gasteiger partial charge in [0.05, 0.1) is 5.69 Å². The summed E-state index contributed by atoms with van der Waals surface area (Å²) in [4.78, 5) is 0. The van der Waals surface area contributed by atoms with Crippen LogP contribution in [-0.2, 0) is 6.54 Å². The highest BCUT2D eigenvalue weighted by Crippen LogP contribution is 2.21. The molecule has 1 nitrogen and oxygen atoms in total. The fraction of sp³-hybridized carbons (Fsp3) is 0.0769. The van der Waals surface area contributed by atoms with Crippen molar-refractivity contribution in [1.82, 2.24) is 0 Å². The minimum absolute atomic E-state index is 0.302. The first kappa shape index (κ1) is 13.3. The smallest absolute Gasteiger partial charge is 0.147 e. The molecule has 0 aromatic heterocycles. The van der Waals surface area contributed by atoms with Crippen LogP contribution in [0.2, 0.25) is 5.02 Å². The van der Waals surface area contributed by atoms with E-state index in [2.05, 4.69) is 21.2 Å². The number of nitrogens with one attached hydrogen (secondary N) is 1. The molecule has 5 heteroatoms. The summed E-state index contributed by atoms with van der Waals surface area (Å²) in [5.74, 6) is -0.776. The Labute approximate surface area is 117 Å². The van der Waals surface area contributed by atoms with Crippen LogP contribution in [0.5, 0.6) is 0 Å². The van der Waals surface area contributed by atoms with Crippen molar-refractivity contribution in [2.24, 2.45) is 0 Å². The maximum absolute atomic E-state index is 13.5. The van der Waals surface area contributed by atoms with Crippen LogP contribution in [0.3, 0.4) is 0 Å². The number of benzene rings is 2. The molecule has 18 heavy (non-hydrogen) atoms. The van der Waals surface area contributed by atoms with Crippen LogP contribution in [0.1, 0.15) is 5.56 Å². The van der Waals surface area contributed by atoms with Crippen molar-refractivity contribution in [3.63, 3.8) is 0 Å². The van der Waals surface area contributed by atoms with Gasteiger partial charge in [-0.1, -0.05) is 27.5 Å². The zero-order valence-corrected chi connectivity index (χ0v) is 11.5. The molecule has 0 fully saturated rings. The molecule has 0 unspecified atom stereocenters. The quantitative estimate of drug-likeness (QED) is 0.834. The van der Waals surface area contributed by atoms with Crippen molar-refractivity contribution >= 4 is 33.2 Å². The van der Waals surface area contributed by atoms with E-state index in [4.69, 9.17) is 11.6 Å². The minimum atomic E-state index is -0.407. The summed E-state index contributed by atoms with van der Waals surface area (Å²) in [7, 11) is 0. The molecule has 0 bridgehead atoms. The van der Waals surface area contributed by atoms with Crippen molar-refractivity contribution in [2.75, 3.05) is 5.32 Å².